The first-order valence-corrected chi connectivity index (χ1v) is 5.19. The van der Waals surface area contributed by atoms with E-state index in [0.717, 1.165) is 16.9 Å². The lowest BCUT2D eigenvalue weighted by molar-refractivity contribution is -0.322. The Morgan fingerprint density at radius 3 is 2.69 bits per heavy atom. The molecule has 2 aromatic rings. The zero-order chi connectivity index (χ0) is 11.1. The fraction of sp³-hybridized carbons (Fsp3) is 0.0769. The first-order valence-electron chi connectivity index (χ1n) is 5.19. The van der Waals surface area contributed by atoms with Crippen LogP contribution in [0.3, 0.4) is 0 Å². The number of nitrogens with zero attached hydrogens (tertiary/aromatic N) is 2. The molecule has 0 bridgehead atoms. The Bertz CT molecular complexity index is 608. The Morgan fingerprint density at radius 2 is 1.94 bits per heavy atom. The minimum absolute atomic E-state index is 0.0192. The molecule has 0 unspecified atom stereocenters. The first-order chi connectivity index (χ1) is 7.77. The van der Waals surface area contributed by atoms with Gasteiger partial charge in [0.25, 0.3) is 0 Å². The van der Waals surface area contributed by atoms with E-state index < -0.39 is 0 Å². The Hall–Kier alpha value is -2.16. The van der Waals surface area contributed by atoms with Gasteiger partial charge in [-0.25, -0.2) is 0 Å². The third-order valence-corrected chi connectivity index (χ3v) is 2.83. The minimum atomic E-state index is -0.0192. The number of benzene rings is 1. The number of aromatic nitrogens is 1. The van der Waals surface area contributed by atoms with E-state index in [1.807, 2.05) is 49.5 Å². The molecule has 2 heterocycles. The lowest BCUT2D eigenvalue weighted by Gasteiger charge is -2.01. The van der Waals surface area contributed by atoms with Crippen LogP contribution in [0.4, 0.5) is 10.5 Å². The van der Waals surface area contributed by atoms with Gasteiger partial charge in [-0.2, -0.15) is 13.9 Å². The van der Waals surface area contributed by atoms with Gasteiger partial charge in [0.05, 0.1) is 0 Å². The minimum Gasteiger partial charge on any atom is -0.196 e. The molecule has 3 rings (SSSR count). The number of amides is 1. The van der Waals surface area contributed by atoms with Crippen LogP contribution in [-0.2, 0) is 0 Å². The maximum atomic E-state index is 12.1. The molecule has 3 nitrogen and oxygen atoms in total. The number of hydrogen-bond acceptors (Lipinski definition) is 1. The molecule has 0 atom stereocenters. The van der Waals surface area contributed by atoms with E-state index in [0.29, 0.717) is 0 Å². The summed E-state index contributed by atoms with van der Waals surface area (Å²) in [5, 5.41) is 0. The number of para-hydroxylation sites is 1. The van der Waals surface area contributed by atoms with Crippen molar-refractivity contribution < 1.29 is 9.37 Å². The van der Waals surface area contributed by atoms with Crippen molar-refractivity contribution in [3.05, 3.63) is 53.9 Å². The van der Waals surface area contributed by atoms with Gasteiger partial charge in [-0.3, -0.25) is 0 Å². The van der Waals surface area contributed by atoms with Gasteiger partial charge in [-0.1, -0.05) is 18.2 Å². The molecule has 0 radical (unpaired) electrons. The summed E-state index contributed by atoms with van der Waals surface area (Å²) < 4.78 is 3.33. The van der Waals surface area contributed by atoms with Crippen LogP contribution in [0.25, 0.3) is 0 Å². The maximum Gasteiger partial charge on any atom is 0.508 e. The highest BCUT2D eigenvalue weighted by molar-refractivity contribution is 5.92. The zero-order valence-corrected chi connectivity index (χ0v) is 8.92. The molecule has 0 fully saturated rings. The molecule has 1 amide bonds. The Kier molecular flexibility index (Phi) is 1.80. The fourth-order valence-corrected chi connectivity index (χ4v) is 1.98. The highest BCUT2D eigenvalue weighted by Crippen LogP contribution is 2.21. The Morgan fingerprint density at radius 1 is 1.12 bits per heavy atom. The lowest BCUT2D eigenvalue weighted by atomic mass is 10.2. The van der Waals surface area contributed by atoms with Crippen molar-refractivity contribution >= 4 is 17.9 Å². The zero-order valence-electron chi connectivity index (χ0n) is 8.92. The van der Waals surface area contributed by atoms with E-state index >= 15 is 0 Å². The summed E-state index contributed by atoms with van der Waals surface area (Å²) in [6.45, 7) is 2.00. The average molecular weight is 211 g/mol. The number of carbonyl (C=O) groups excluding carboxylic acids is 1. The van der Waals surface area contributed by atoms with Crippen molar-refractivity contribution in [1.29, 1.82) is 0 Å². The number of carbonyl (C=O) groups is 1. The monoisotopic (exact) mass is 211 g/mol. The quantitative estimate of drug-likeness (QED) is 0.665. The summed E-state index contributed by atoms with van der Waals surface area (Å²) in [5.74, 6) is 0. The fourth-order valence-electron chi connectivity index (χ4n) is 1.98. The SMILES string of the molecule is Cc1ccccc1[N+]1=Cc2cccn2C1=O. The van der Waals surface area contributed by atoms with Crippen LogP contribution in [0.2, 0.25) is 0 Å². The van der Waals surface area contributed by atoms with Gasteiger partial charge in [-0.15, -0.1) is 0 Å². The topological polar surface area (TPSA) is 25.0 Å². The second-order valence-corrected chi connectivity index (χ2v) is 3.87. The molecule has 0 N–H and O–H groups in total. The van der Waals surface area contributed by atoms with Crippen LogP contribution >= 0.6 is 0 Å². The van der Waals surface area contributed by atoms with Gasteiger partial charge in [0, 0.05) is 0 Å². The van der Waals surface area contributed by atoms with E-state index in [1.54, 1.807) is 15.3 Å². The summed E-state index contributed by atoms with van der Waals surface area (Å²) in [4.78, 5) is 12.1. The van der Waals surface area contributed by atoms with Crippen molar-refractivity contribution in [2.75, 3.05) is 0 Å². The number of hydrogen-bond donors (Lipinski definition) is 0. The van der Waals surface area contributed by atoms with Crippen LogP contribution in [-0.4, -0.2) is 21.4 Å². The third kappa shape index (κ3) is 1.15. The standard InChI is InChI=1S/C13H11N2O/c1-10-5-2-3-7-12(10)15-9-11-6-4-8-14(11)13(15)16/h2-9H,1H3/q+1. The van der Waals surface area contributed by atoms with Crippen LogP contribution < -0.4 is 0 Å². The van der Waals surface area contributed by atoms with Gasteiger partial charge in [-0.05, 0) is 30.7 Å². The summed E-state index contributed by atoms with van der Waals surface area (Å²) in [6, 6.07) is 11.7. The molecule has 0 saturated heterocycles. The molecule has 0 saturated carbocycles. The van der Waals surface area contributed by atoms with Crippen LogP contribution in [0.5, 0.6) is 0 Å². The maximum absolute atomic E-state index is 12.1. The molecule has 0 spiro atoms. The van der Waals surface area contributed by atoms with Crippen LogP contribution in [0.1, 0.15) is 11.3 Å². The lowest BCUT2D eigenvalue weighted by Crippen LogP contribution is -2.16. The van der Waals surface area contributed by atoms with E-state index in [-0.39, 0.29) is 6.03 Å². The van der Waals surface area contributed by atoms with Crippen molar-refractivity contribution in [3.63, 3.8) is 0 Å². The highest BCUT2D eigenvalue weighted by Gasteiger charge is 2.31. The summed E-state index contributed by atoms with van der Waals surface area (Å²) >= 11 is 0. The molecule has 1 aromatic carbocycles. The normalized spacial score (nSPS) is 13.8. The molecule has 78 valence electrons. The molecule has 0 aliphatic carbocycles. The summed E-state index contributed by atoms with van der Waals surface area (Å²) in [7, 11) is 0. The van der Waals surface area contributed by atoms with Gasteiger partial charge in [0.2, 0.25) is 0 Å². The molecule has 1 aliphatic rings. The Balaban J connectivity index is 2.15. The molecule has 1 aromatic heterocycles. The second-order valence-electron chi connectivity index (χ2n) is 3.87. The molecular formula is C13H11N2O+. The van der Waals surface area contributed by atoms with Crippen molar-refractivity contribution in [2.24, 2.45) is 0 Å². The van der Waals surface area contributed by atoms with Gasteiger partial charge < -0.3 is 0 Å². The van der Waals surface area contributed by atoms with Crippen molar-refractivity contribution in [2.45, 2.75) is 6.92 Å². The Labute approximate surface area is 93.3 Å². The van der Waals surface area contributed by atoms with E-state index in [4.69, 9.17) is 0 Å². The second kappa shape index (κ2) is 3.17. The average Bonchev–Trinajstić information content (AvgIpc) is 2.83. The van der Waals surface area contributed by atoms with E-state index in [9.17, 15) is 4.79 Å². The molecular weight excluding hydrogens is 200 g/mol. The molecule has 1 aliphatic heterocycles. The molecule has 3 heteroatoms. The third-order valence-electron chi connectivity index (χ3n) is 2.83. The predicted molar refractivity (Wildman–Crippen MR) is 61.5 cm³/mol. The van der Waals surface area contributed by atoms with E-state index in [2.05, 4.69) is 0 Å². The van der Waals surface area contributed by atoms with Gasteiger partial charge >= 0.3 is 6.03 Å². The predicted octanol–water partition coefficient (Wildman–Crippen LogP) is 2.54. The summed E-state index contributed by atoms with van der Waals surface area (Å²) in [5.41, 5.74) is 2.96. The van der Waals surface area contributed by atoms with Crippen molar-refractivity contribution in [1.82, 2.24) is 4.57 Å². The van der Waals surface area contributed by atoms with Gasteiger partial charge in [0.15, 0.2) is 5.69 Å². The smallest absolute Gasteiger partial charge is 0.196 e. The van der Waals surface area contributed by atoms with E-state index in [1.165, 1.54) is 0 Å². The number of aryl methyl sites for hydroxylation is 1. The van der Waals surface area contributed by atoms with Gasteiger partial charge in [0.1, 0.15) is 18.1 Å². The first kappa shape index (κ1) is 9.09. The highest BCUT2D eigenvalue weighted by atomic mass is 16.2. The summed E-state index contributed by atoms with van der Waals surface area (Å²) in [6.07, 6.45) is 3.65. The largest absolute Gasteiger partial charge is 0.508 e. The number of fused-ring (bicyclic) bond motifs is 1. The van der Waals surface area contributed by atoms with Crippen molar-refractivity contribution in [3.8, 4) is 0 Å². The van der Waals surface area contributed by atoms with Crippen LogP contribution in [0, 0.1) is 6.92 Å². The van der Waals surface area contributed by atoms with Crippen LogP contribution in [0.15, 0.2) is 42.6 Å². The number of rotatable bonds is 1. The molecule has 16 heavy (non-hydrogen) atoms.